The minimum absolute atomic E-state index is 0. The molecule has 0 amide bonds. The van der Waals surface area contributed by atoms with Crippen LogP contribution in [-0.4, -0.2) is 76.1 Å². The number of nitrogens with zero attached hydrogens (tertiary/aromatic N) is 3. The van der Waals surface area contributed by atoms with Crippen molar-refractivity contribution >= 4 is 82.9 Å². The van der Waals surface area contributed by atoms with Gasteiger partial charge >= 0.3 is 23.1 Å². The van der Waals surface area contributed by atoms with Crippen molar-refractivity contribution in [2.24, 2.45) is 4.40 Å². The molecule has 1 fully saturated rings. The molecule has 3 rings (SSSR count). The second-order valence-electron chi connectivity index (χ2n) is 10.2. The van der Waals surface area contributed by atoms with Gasteiger partial charge in [-0.15, -0.1) is 0 Å². The topological polar surface area (TPSA) is 81.5 Å². The first-order valence-corrected chi connectivity index (χ1v) is 15.9. The summed E-state index contributed by atoms with van der Waals surface area (Å²) < 4.78 is 33.9. The van der Waals surface area contributed by atoms with Crippen LogP contribution in [0.2, 0.25) is 0 Å². The summed E-state index contributed by atoms with van der Waals surface area (Å²) in [5.41, 5.74) is 1.71. The Balaban J connectivity index is -0.000000528. The van der Waals surface area contributed by atoms with Crippen LogP contribution in [-0.2, 0) is 26.5 Å². The minimum atomic E-state index is -1.23. The van der Waals surface area contributed by atoms with Gasteiger partial charge in [-0.05, 0) is 111 Å². The number of hydrogen-bond donors (Lipinski definition) is 0. The third-order valence-corrected chi connectivity index (χ3v) is 9.17. The van der Waals surface area contributed by atoms with Crippen molar-refractivity contribution in [1.82, 2.24) is 9.97 Å². The average molecular weight is 740 g/mol. The van der Waals surface area contributed by atoms with E-state index in [-0.39, 0.29) is 58.3 Å². The Morgan fingerprint density at radius 1 is 0.949 bits per heavy atom. The molecule has 1 aliphatic heterocycles. The van der Waals surface area contributed by atoms with Crippen molar-refractivity contribution in [3.63, 3.8) is 0 Å². The fourth-order valence-corrected chi connectivity index (χ4v) is 4.59. The molecule has 0 bridgehead atoms. The Morgan fingerprint density at radius 3 is 1.82 bits per heavy atom. The Kier molecular flexibility index (Phi) is 24.5. The predicted octanol–water partition coefficient (Wildman–Crippen LogP) is 4.09. The molecule has 0 N–H and O–H groups in total. The summed E-state index contributed by atoms with van der Waals surface area (Å²) >= 11 is 6.64. The molecule has 2 aromatic heterocycles. The Morgan fingerprint density at radius 2 is 1.46 bits per heavy atom. The van der Waals surface area contributed by atoms with Crippen LogP contribution in [0.3, 0.4) is 0 Å². The molecule has 3 atom stereocenters. The second-order valence-corrected chi connectivity index (χ2v) is 16.3. The van der Waals surface area contributed by atoms with E-state index >= 15 is 0 Å². The van der Waals surface area contributed by atoms with Gasteiger partial charge in [0.25, 0.3) is 0 Å². The summed E-state index contributed by atoms with van der Waals surface area (Å²) in [6, 6.07) is 7.63. The number of rotatable bonds is 5. The van der Waals surface area contributed by atoms with Crippen LogP contribution < -0.4 is 12.4 Å². The van der Waals surface area contributed by atoms with Crippen LogP contribution in [0.5, 0.6) is 0 Å². The van der Waals surface area contributed by atoms with Crippen molar-refractivity contribution in [2.75, 3.05) is 19.0 Å². The third-order valence-electron chi connectivity index (χ3n) is 4.72. The van der Waals surface area contributed by atoms with E-state index in [0.717, 1.165) is 27.9 Å². The molecule has 2 aromatic rings. The van der Waals surface area contributed by atoms with Gasteiger partial charge < -0.3 is 24.6 Å². The Labute approximate surface area is 280 Å². The largest absolute Gasteiger partial charge is 2.00 e. The van der Waals surface area contributed by atoms with Gasteiger partial charge in [0.2, 0.25) is 0 Å². The van der Waals surface area contributed by atoms with Crippen LogP contribution in [0.15, 0.2) is 50.0 Å². The fraction of sp³-hybridized carbons (Fsp3) is 0.556. The summed E-state index contributed by atoms with van der Waals surface area (Å²) in [7, 11) is -2.05. The van der Waals surface area contributed by atoms with Crippen molar-refractivity contribution in [1.29, 1.82) is 0 Å². The molecule has 1 aliphatic rings. The number of halogens is 3. The molecule has 3 heterocycles. The van der Waals surface area contributed by atoms with Gasteiger partial charge in [-0.3, -0.25) is 14.2 Å². The normalized spacial score (nSPS) is 15.1. The minimum Gasteiger partial charge on any atom is -1.00 e. The van der Waals surface area contributed by atoms with E-state index in [0.29, 0.717) is 11.4 Å². The van der Waals surface area contributed by atoms with E-state index in [4.69, 9.17) is 4.74 Å². The van der Waals surface area contributed by atoms with E-state index < -0.39 is 21.8 Å². The maximum Gasteiger partial charge on any atom is 2.00 e. The van der Waals surface area contributed by atoms with Gasteiger partial charge in [-0.1, -0.05) is 6.92 Å². The molecule has 0 aliphatic carbocycles. The SMILES string of the molecule is C1CCOC1.CC(C)(C)[S@](=O)N=Cc1ccc(Br)cn1.C[C@H](C[S@@](=O)C(C)(C)C)c1ccc(Br)cn1.[CH3-].[Cl-].[Mg+2]. The summed E-state index contributed by atoms with van der Waals surface area (Å²) in [5.74, 6) is 0.895. The molecular weight excluding hydrogens is 698 g/mol. The van der Waals surface area contributed by atoms with Crippen LogP contribution in [0.25, 0.3) is 0 Å². The van der Waals surface area contributed by atoms with E-state index in [9.17, 15) is 8.42 Å². The molecule has 39 heavy (non-hydrogen) atoms. The van der Waals surface area contributed by atoms with Crippen LogP contribution in [0, 0.1) is 7.43 Å². The fourth-order valence-electron chi connectivity index (χ4n) is 2.48. The maximum absolute atomic E-state index is 12.0. The average Bonchev–Trinajstić information content (AvgIpc) is 3.38. The molecule has 0 saturated carbocycles. The zero-order valence-corrected chi connectivity index (χ0v) is 31.4. The number of hydrogen-bond acceptors (Lipinski definition) is 5. The summed E-state index contributed by atoms with van der Waals surface area (Å²) in [6.45, 7) is 15.7. The summed E-state index contributed by atoms with van der Waals surface area (Å²) in [4.78, 5) is 8.43. The first kappa shape index (κ1) is 43.7. The molecule has 6 nitrogen and oxygen atoms in total. The molecular formula is C27H42Br2ClMgN3O3S2. The van der Waals surface area contributed by atoms with Crippen molar-refractivity contribution < 1.29 is 25.6 Å². The van der Waals surface area contributed by atoms with E-state index in [1.54, 1.807) is 12.4 Å². The molecule has 0 spiro atoms. The summed E-state index contributed by atoms with van der Waals surface area (Å²) in [5, 5.41) is 0. The first-order valence-electron chi connectivity index (χ1n) is 11.9. The van der Waals surface area contributed by atoms with Crippen LogP contribution in [0.4, 0.5) is 0 Å². The van der Waals surface area contributed by atoms with Crippen molar-refractivity contribution in [3.8, 4) is 0 Å². The van der Waals surface area contributed by atoms with E-state index in [1.165, 1.54) is 19.1 Å². The van der Waals surface area contributed by atoms with Crippen molar-refractivity contribution in [3.05, 3.63) is 64.4 Å². The molecule has 218 valence electrons. The third kappa shape index (κ3) is 19.9. The van der Waals surface area contributed by atoms with E-state index in [2.05, 4.69) is 53.1 Å². The van der Waals surface area contributed by atoms with Gasteiger partial charge in [0.15, 0.2) is 0 Å². The van der Waals surface area contributed by atoms with Gasteiger partial charge in [0.05, 0.1) is 16.7 Å². The van der Waals surface area contributed by atoms with Gasteiger partial charge in [0.1, 0.15) is 11.0 Å². The predicted molar refractivity (Wildman–Crippen MR) is 173 cm³/mol. The molecule has 0 radical (unpaired) electrons. The molecule has 0 aromatic carbocycles. The standard InChI is InChI=1S/C12H18BrNOS.C10H13BrN2OS.C4H8O.CH3.ClH.Mg/c1-9(8-16(15)12(2,3)4)11-6-5-10(13)7-14-11;1-10(2,3)15(14)13-7-9-5-4-8(11)6-12-9;1-2-4-5-3-1;;;/h5-7,9H,8H2,1-4H3;4-7H,1-3H3;1-4H2;1H3;1H;/q;;;-1;;+2/p-1/t9-,16-;15-;;;;/m10..../s1. The molecule has 1 saturated heterocycles. The van der Waals surface area contributed by atoms with Gasteiger partial charge in [0, 0.05) is 67.5 Å². The van der Waals surface area contributed by atoms with Gasteiger partial charge in [-0.25, -0.2) is 4.21 Å². The Bertz CT molecular complexity index is 990. The van der Waals surface area contributed by atoms with Crippen LogP contribution >= 0.6 is 31.9 Å². The number of pyridine rings is 2. The smallest absolute Gasteiger partial charge is 1.00 e. The maximum atomic E-state index is 12.0. The zero-order valence-electron chi connectivity index (χ0n) is 24.4. The van der Waals surface area contributed by atoms with E-state index in [1.807, 2.05) is 65.8 Å². The summed E-state index contributed by atoms with van der Waals surface area (Å²) in [6.07, 6.45) is 7.56. The number of aromatic nitrogens is 2. The van der Waals surface area contributed by atoms with Gasteiger partial charge in [-0.2, -0.15) is 4.40 Å². The molecule has 0 unspecified atom stereocenters. The second kappa shape index (κ2) is 21.9. The quantitative estimate of drug-likeness (QED) is 0.263. The van der Waals surface area contributed by atoms with Crippen LogP contribution in [0.1, 0.15) is 78.6 Å². The molecule has 12 heteroatoms. The van der Waals surface area contributed by atoms with Crippen molar-refractivity contribution in [2.45, 2.75) is 76.7 Å². The number of ether oxygens (including phenoxy) is 1. The first-order chi connectivity index (χ1) is 16.7. The zero-order chi connectivity index (χ0) is 27.4. The Hall–Kier alpha value is 0.246. The monoisotopic (exact) mass is 737 g/mol.